The van der Waals surface area contributed by atoms with Gasteiger partial charge in [0.2, 0.25) is 0 Å². The Hall–Kier alpha value is -0.560. The molecule has 1 nitrogen and oxygen atoms in total. The van der Waals surface area contributed by atoms with Crippen LogP contribution in [0.1, 0.15) is 13.8 Å². The summed E-state index contributed by atoms with van der Waals surface area (Å²) < 4.78 is 4.82. The summed E-state index contributed by atoms with van der Waals surface area (Å²) in [6.45, 7) is 4.78. The zero-order valence-electron chi connectivity index (χ0n) is 6.35. The van der Waals surface area contributed by atoms with Crippen molar-refractivity contribution in [2.75, 3.05) is 13.7 Å². The van der Waals surface area contributed by atoms with Gasteiger partial charge in [0.05, 0.1) is 6.61 Å². The van der Waals surface area contributed by atoms with Crippen molar-refractivity contribution >= 4 is 0 Å². The van der Waals surface area contributed by atoms with Crippen molar-refractivity contribution in [2.24, 2.45) is 0 Å². The van der Waals surface area contributed by atoms with Crippen LogP contribution in [0.15, 0.2) is 23.8 Å². The molecule has 0 bridgehead atoms. The van der Waals surface area contributed by atoms with Crippen LogP contribution in [0.25, 0.3) is 0 Å². The quantitative estimate of drug-likeness (QED) is 0.526. The van der Waals surface area contributed by atoms with E-state index < -0.39 is 0 Å². The Balaban J connectivity index is 3.45. The molecule has 0 fully saturated rings. The van der Waals surface area contributed by atoms with E-state index in [1.54, 1.807) is 7.11 Å². The van der Waals surface area contributed by atoms with Crippen LogP contribution in [0, 0.1) is 0 Å². The standard InChI is InChI=1S/C8H14O/c1-4-8(2)6-5-7-9-3/h4-6H,7H2,1-3H3. The maximum atomic E-state index is 4.82. The van der Waals surface area contributed by atoms with Gasteiger partial charge in [0.15, 0.2) is 0 Å². The Morgan fingerprint density at radius 1 is 1.56 bits per heavy atom. The second kappa shape index (κ2) is 5.57. The number of hydrogen-bond acceptors (Lipinski definition) is 1. The van der Waals surface area contributed by atoms with Crippen molar-refractivity contribution in [3.63, 3.8) is 0 Å². The molecular formula is C8H14O. The Labute approximate surface area is 57.0 Å². The maximum absolute atomic E-state index is 4.82. The summed E-state index contributed by atoms with van der Waals surface area (Å²) in [6.07, 6.45) is 6.10. The second-order valence-corrected chi connectivity index (χ2v) is 1.89. The van der Waals surface area contributed by atoms with Crippen LogP contribution < -0.4 is 0 Å². The summed E-state index contributed by atoms with van der Waals surface area (Å²) in [5, 5.41) is 0. The molecule has 0 N–H and O–H groups in total. The van der Waals surface area contributed by atoms with Crippen molar-refractivity contribution < 1.29 is 4.74 Å². The van der Waals surface area contributed by atoms with Crippen LogP contribution in [0.5, 0.6) is 0 Å². The molecule has 9 heavy (non-hydrogen) atoms. The molecule has 0 radical (unpaired) electrons. The predicted molar refractivity (Wildman–Crippen MR) is 40.4 cm³/mol. The number of ether oxygens (including phenoxy) is 1. The van der Waals surface area contributed by atoms with Gasteiger partial charge in [-0.05, 0) is 13.8 Å². The number of hydrogen-bond donors (Lipinski definition) is 0. The largest absolute Gasteiger partial charge is 0.381 e. The molecular weight excluding hydrogens is 112 g/mol. The first-order valence-corrected chi connectivity index (χ1v) is 3.09. The third-order valence-electron chi connectivity index (χ3n) is 1.10. The van der Waals surface area contributed by atoms with E-state index in [0.29, 0.717) is 6.61 Å². The Morgan fingerprint density at radius 3 is 2.67 bits per heavy atom. The van der Waals surface area contributed by atoms with Gasteiger partial charge in [0, 0.05) is 7.11 Å². The molecule has 0 saturated heterocycles. The van der Waals surface area contributed by atoms with Crippen molar-refractivity contribution in [2.45, 2.75) is 13.8 Å². The SMILES string of the molecule is CC=C(C)C=CCOC. The molecule has 0 unspecified atom stereocenters. The lowest BCUT2D eigenvalue weighted by atomic mass is 10.3. The van der Waals surface area contributed by atoms with E-state index in [4.69, 9.17) is 4.74 Å². The van der Waals surface area contributed by atoms with Crippen LogP contribution in [-0.4, -0.2) is 13.7 Å². The van der Waals surface area contributed by atoms with E-state index in [0.717, 1.165) is 0 Å². The molecule has 52 valence electrons. The highest BCUT2D eigenvalue weighted by Crippen LogP contribution is 1.92. The van der Waals surface area contributed by atoms with Gasteiger partial charge >= 0.3 is 0 Å². The third-order valence-corrected chi connectivity index (χ3v) is 1.10. The van der Waals surface area contributed by atoms with Gasteiger partial charge in [0.25, 0.3) is 0 Å². The fourth-order valence-electron chi connectivity index (χ4n) is 0.426. The minimum absolute atomic E-state index is 0.700. The van der Waals surface area contributed by atoms with Gasteiger partial charge in [-0.15, -0.1) is 0 Å². The first-order chi connectivity index (χ1) is 4.31. The highest BCUT2D eigenvalue weighted by atomic mass is 16.5. The van der Waals surface area contributed by atoms with E-state index in [9.17, 15) is 0 Å². The first kappa shape index (κ1) is 8.44. The monoisotopic (exact) mass is 126 g/mol. The van der Waals surface area contributed by atoms with Crippen molar-refractivity contribution in [3.8, 4) is 0 Å². The van der Waals surface area contributed by atoms with Crippen LogP contribution in [0.4, 0.5) is 0 Å². The first-order valence-electron chi connectivity index (χ1n) is 3.09. The van der Waals surface area contributed by atoms with Crippen LogP contribution in [0.3, 0.4) is 0 Å². The minimum atomic E-state index is 0.700. The molecule has 0 aromatic rings. The molecule has 0 atom stereocenters. The topological polar surface area (TPSA) is 9.23 Å². The van der Waals surface area contributed by atoms with Crippen molar-refractivity contribution in [1.29, 1.82) is 0 Å². The van der Waals surface area contributed by atoms with Gasteiger partial charge in [-0.2, -0.15) is 0 Å². The lowest BCUT2D eigenvalue weighted by Gasteiger charge is -1.88. The lowest BCUT2D eigenvalue weighted by molar-refractivity contribution is 0.234. The normalized spacial score (nSPS) is 13.0. The fraction of sp³-hybridized carbons (Fsp3) is 0.500. The minimum Gasteiger partial charge on any atom is -0.381 e. The summed E-state index contributed by atoms with van der Waals surface area (Å²) in [6, 6.07) is 0. The van der Waals surface area contributed by atoms with E-state index in [1.165, 1.54) is 5.57 Å². The van der Waals surface area contributed by atoms with Crippen molar-refractivity contribution in [1.82, 2.24) is 0 Å². The molecule has 0 aromatic heterocycles. The van der Waals surface area contributed by atoms with Crippen LogP contribution in [-0.2, 0) is 4.74 Å². The molecule has 0 aliphatic carbocycles. The van der Waals surface area contributed by atoms with Gasteiger partial charge in [0.1, 0.15) is 0 Å². The van der Waals surface area contributed by atoms with Crippen molar-refractivity contribution in [3.05, 3.63) is 23.8 Å². The van der Waals surface area contributed by atoms with Gasteiger partial charge in [-0.3, -0.25) is 0 Å². The summed E-state index contributed by atoms with van der Waals surface area (Å²) >= 11 is 0. The van der Waals surface area contributed by atoms with Crippen LogP contribution >= 0.6 is 0 Å². The molecule has 0 heterocycles. The molecule has 0 amide bonds. The molecule has 0 aromatic carbocycles. The molecule has 0 rings (SSSR count). The molecule has 0 spiro atoms. The molecule has 0 aliphatic heterocycles. The van der Waals surface area contributed by atoms with Gasteiger partial charge in [-0.1, -0.05) is 23.8 Å². The van der Waals surface area contributed by atoms with E-state index >= 15 is 0 Å². The summed E-state index contributed by atoms with van der Waals surface area (Å²) in [5.41, 5.74) is 1.27. The number of methoxy groups -OCH3 is 1. The maximum Gasteiger partial charge on any atom is 0.0646 e. The van der Waals surface area contributed by atoms with Gasteiger partial charge < -0.3 is 4.74 Å². The highest BCUT2D eigenvalue weighted by molar-refractivity contribution is 5.14. The molecule has 1 heteroatoms. The zero-order chi connectivity index (χ0) is 7.11. The average molecular weight is 126 g/mol. The average Bonchev–Trinajstić information content (AvgIpc) is 1.89. The smallest absolute Gasteiger partial charge is 0.0646 e. The highest BCUT2D eigenvalue weighted by Gasteiger charge is 1.74. The van der Waals surface area contributed by atoms with E-state index in [-0.39, 0.29) is 0 Å². The zero-order valence-corrected chi connectivity index (χ0v) is 6.35. The molecule has 0 aliphatic rings. The summed E-state index contributed by atoms with van der Waals surface area (Å²) in [5.74, 6) is 0. The predicted octanol–water partition coefficient (Wildman–Crippen LogP) is 2.16. The third kappa shape index (κ3) is 5.31. The lowest BCUT2D eigenvalue weighted by Crippen LogP contribution is -1.79. The second-order valence-electron chi connectivity index (χ2n) is 1.89. The fourth-order valence-corrected chi connectivity index (χ4v) is 0.426. The van der Waals surface area contributed by atoms with E-state index in [1.807, 2.05) is 19.1 Å². The number of rotatable bonds is 3. The summed E-state index contributed by atoms with van der Waals surface area (Å²) in [7, 11) is 1.69. The Bertz CT molecular complexity index is 112. The Kier molecular flexibility index (Phi) is 5.23. The van der Waals surface area contributed by atoms with E-state index in [2.05, 4.69) is 13.0 Å². The molecule has 0 saturated carbocycles. The number of allylic oxidation sites excluding steroid dienone is 3. The Morgan fingerprint density at radius 2 is 2.22 bits per heavy atom. The summed E-state index contributed by atoms with van der Waals surface area (Å²) in [4.78, 5) is 0. The van der Waals surface area contributed by atoms with Crippen LogP contribution in [0.2, 0.25) is 0 Å². The van der Waals surface area contributed by atoms with Gasteiger partial charge in [-0.25, -0.2) is 0 Å².